The van der Waals surface area contributed by atoms with E-state index < -0.39 is 0 Å². The summed E-state index contributed by atoms with van der Waals surface area (Å²) in [7, 11) is 0. The highest BCUT2D eigenvalue weighted by atomic mass is 16.2. The summed E-state index contributed by atoms with van der Waals surface area (Å²) in [5, 5.41) is 0. The van der Waals surface area contributed by atoms with Crippen molar-refractivity contribution >= 4 is 34.8 Å². The number of benzene rings is 4. The highest BCUT2D eigenvalue weighted by Gasteiger charge is 2.30. The van der Waals surface area contributed by atoms with Gasteiger partial charge in [-0.05, 0) is 91.6 Å². The van der Waals surface area contributed by atoms with Crippen molar-refractivity contribution in [3.63, 3.8) is 0 Å². The van der Waals surface area contributed by atoms with Gasteiger partial charge in [-0.3, -0.25) is 14.4 Å². The Hall–Kier alpha value is -4.71. The van der Waals surface area contributed by atoms with Crippen molar-refractivity contribution < 1.29 is 14.4 Å². The van der Waals surface area contributed by atoms with E-state index in [1.54, 1.807) is 32.9 Å². The molecule has 0 unspecified atom stereocenters. The Morgan fingerprint density at radius 1 is 0.429 bits per heavy atom. The fourth-order valence-corrected chi connectivity index (χ4v) is 6.70. The molecule has 4 aromatic carbocycles. The highest BCUT2D eigenvalue weighted by Crippen LogP contribution is 2.32. The van der Waals surface area contributed by atoms with Gasteiger partial charge in [0.15, 0.2) is 0 Å². The number of aryl methyl sites for hydroxylation is 3. The summed E-state index contributed by atoms with van der Waals surface area (Å²) in [5.41, 5.74) is 7.17. The van der Waals surface area contributed by atoms with E-state index in [1.165, 1.54) is 0 Å². The molecule has 0 bridgehead atoms. The second-order valence-corrected chi connectivity index (χ2v) is 11.4. The average molecular weight is 556 g/mol. The van der Waals surface area contributed by atoms with Gasteiger partial charge in [0.25, 0.3) is 17.7 Å². The van der Waals surface area contributed by atoms with E-state index in [1.807, 2.05) is 54.6 Å². The van der Waals surface area contributed by atoms with E-state index in [-0.39, 0.29) is 17.7 Å². The Morgan fingerprint density at radius 2 is 0.714 bits per heavy atom. The van der Waals surface area contributed by atoms with Crippen LogP contribution in [-0.2, 0) is 19.3 Å². The molecule has 0 N–H and O–H groups in total. The molecule has 3 aliphatic heterocycles. The van der Waals surface area contributed by atoms with Gasteiger partial charge in [0, 0.05) is 53.4 Å². The zero-order chi connectivity index (χ0) is 28.6. The van der Waals surface area contributed by atoms with Gasteiger partial charge in [-0.15, -0.1) is 0 Å². The maximum Gasteiger partial charge on any atom is 0.258 e. The first-order valence-electron chi connectivity index (χ1n) is 14.9. The van der Waals surface area contributed by atoms with Crippen molar-refractivity contribution in [1.82, 2.24) is 0 Å². The minimum absolute atomic E-state index is 0.191. The summed E-state index contributed by atoms with van der Waals surface area (Å²) in [5.74, 6) is -0.572. The number of carbonyl (C=O) groups excluding carboxylic acids is 3. The van der Waals surface area contributed by atoms with E-state index in [0.717, 1.165) is 72.3 Å². The van der Waals surface area contributed by atoms with Crippen molar-refractivity contribution in [2.24, 2.45) is 0 Å². The second kappa shape index (κ2) is 10.9. The van der Waals surface area contributed by atoms with E-state index in [2.05, 4.69) is 18.2 Å². The molecule has 6 nitrogen and oxygen atoms in total. The van der Waals surface area contributed by atoms with Gasteiger partial charge >= 0.3 is 0 Å². The van der Waals surface area contributed by atoms with Crippen LogP contribution >= 0.6 is 0 Å². The number of para-hydroxylation sites is 3. The topological polar surface area (TPSA) is 60.9 Å². The normalized spacial score (nSPS) is 15.9. The molecule has 6 heteroatoms. The summed E-state index contributed by atoms with van der Waals surface area (Å²) in [6.07, 6.45) is 5.35. The molecule has 0 radical (unpaired) electrons. The third kappa shape index (κ3) is 4.67. The predicted molar refractivity (Wildman–Crippen MR) is 166 cm³/mol. The average Bonchev–Trinajstić information content (AvgIpc) is 3.06. The van der Waals surface area contributed by atoms with E-state index in [0.29, 0.717) is 36.3 Å². The molecule has 42 heavy (non-hydrogen) atoms. The first kappa shape index (κ1) is 26.2. The number of hydrogen-bond acceptors (Lipinski definition) is 3. The molecule has 0 spiro atoms. The van der Waals surface area contributed by atoms with Crippen molar-refractivity contribution in [2.45, 2.75) is 38.5 Å². The first-order valence-corrected chi connectivity index (χ1v) is 14.9. The minimum atomic E-state index is -0.191. The van der Waals surface area contributed by atoms with Gasteiger partial charge in [-0.1, -0.05) is 54.6 Å². The number of carbonyl (C=O) groups is 3. The van der Waals surface area contributed by atoms with Gasteiger partial charge in [-0.25, -0.2) is 0 Å². The van der Waals surface area contributed by atoms with Crippen LogP contribution in [0.15, 0.2) is 91.0 Å². The summed E-state index contributed by atoms with van der Waals surface area (Å²) in [6, 6.07) is 29.0. The number of anilines is 3. The van der Waals surface area contributed by atoms with Gasteiger partial charge in [0.2, 0.25) is 0 Å². The van der Waals surface area contributed by atoms with Crippen molar-refractivity contribution in [1.29, 1.82) is 0 Å². The van der Waals surface area contributed by atoms with Crippen LogP contribution in [0.3, 0.4) is 0 Å². The van der Waals surface area contributed by atoms with Crippen LogP contribution in [0.25, 0.3) is 0 Å². The fraction of sp³-hybridized carbons (Fsp3) is 0.250. The van der Waals surface area contributed by atoms with Crippen molar-refractivity contribution in [2.75, 3.05) is 34.3 Å². The molecule has 0 aromatic heterocycles. The lowest BCUT2D eigenvalue weighted by atomic mass is 9.96. The number of fused-ring (bicyclic) bond motifs is 3. The molecule has 0 saturated carbocycles. The maximum atomic E-state index is 14.1. The molecule has 0 aliphatic carbocycles. The summed E-state index contributed by atoms with van der Waals surface area (Å²) in [4.78, 5) is 47.8. The van der Waals surface area contributed by atoms with Crippen LogP contribution in [0.1, 0.15) is 67.0 Å². The van der Waals surface area contributed by atoms with Crippen molar-refractivity contribution in [3.05, 3.63) is 124 Å². The first-order chi connectivity index (χ1) is 20.6. The third-order valence-electron chi connectivity index (χ3n) is 8.74. The van der Waals surface area contributed by atoms with Crippen LogP contribution in [0.5, 0.6) is 0 Å². The monoisotopic (exact) mass is 555 g/mol. The molecule has 3 heterocycles. The predicted octanol–water partition coefficient (Wildman–Crippen LogP) is 6.47. The molecule has 7 rings (SSSR count). The van der Waals surface area contributed by atoms with Gasteiger partial charge in [0.1, 0.15) is 0 Å². The number of hydrogen-bond donors (Lipinski definition) is 0. The lowest BCUT2D eigenvalue weighted by molar-refractivity contribution is 0.0984. The SMILES string of the molecule is O=C(c1cc(C(=O)N2CCCc3ccccc32)cc(C(=O)N2CCCc3ccccc32)c1)N1CCCc2ccccc21. The van der Waals surface area contributed by atoms with Crippen LogP contribution in [0.2, 0.25) is 0 Å². The quantitative estimate of drug-likeness (QED) is 0.291. The molecule has 3 aliphatic rings. The van der Waals surface area contributed by atoms with E-state index in [4.69, 9.17) is 0 Å². The molecular formula is C36H33N3O3. The maximum absolute atomic E-state index is 14.1. The van der Waals surface area contributed by atoms with E-state index in [9.17, 15) is 14.4 Å². The Bertz CT molecular complexity index is 1500. The van der Waals surface area contributed by atoms with Crippen molar-refractivity contribution in [3.8, 4) is 0 Å². The van der Waals surface area contributed by atoms with Crippen LogP contribution in [0.4, 0.5) is 17.1 Å². The Labute approximate surface area is 246 Å². The summed E-state index contributed by atoms with van der Waals surface area (Å²) in [6.45, 7) is 1.78. The van der Waals surface area contributed by atoms with Crippen LogP contribution in [0, 0.1) is 0 Å². The van der Waals surface area contributed by atoms with Gasteiger partial charge in [0.05, 0.1) is 0 Å². The Balaban J connectivity index is 1.31. The summed E-state index contributed by atoms with van der Waals surface area (Å²) >= 11 is 0. The zero-order valence-corrected chi connectivity index (χ0v) is 23.6. The standard InChI is InChI=1S/C36H33N3O3/c40-34(37-19-7-13-25-10-1-4-16-31(25)37)28-22-29(35(41)38-20-8-14-26-11-2-5-17-32(26)38)24-30(23-28)36(42)39-21-9-15-27-12-3-6-18-33(27)39/h1-6,10-12,16-18,22-24H,7-9,13-15,19-21H2. The minimum Gasteiger partial charge on any atom is -0.308 e. The number of nitrogens with zero attached hydrogens (tertiary/aromatic N) is 3. The third-order valence-corrected chi connectivity index (χ3v) is 8.74. The van der Waals surface area contributed by atoms with Gasteiger partial charge < -0.3 is 14.7 Å². The highest BCUT2D eigenvalue weighted by molar-refractivity contribution is 6.15. The lowest BCUT2D eigenvalue weighted by Crippen LogP contribution is -2.38. The van der Waals surface area contributed by atoms with E-state index >= 15 is 0 Å². The molecule has 0 atom stereocenters. The molecule has 210 valence electrons. The van der Waals surface area contributed by atoms with Gasteiger partial charge in [-0.2, -0.15) is 0 Å². The number of rotatable bonds is 3. The zero-order valence-electron chi connectivity index (χ0n) is 23.6. The number of amides is 3. The largest absolute Gasteiger partial charge is 0.308 e. The smallest absolute Gasteiger partial charge is 0.258 e. The van der Waals surface area contributed by atoms with Crippen LogP contribution < -0.4 is 14.7 Å². The Kier molecular flexibility index (Phi) is 6.82. The molecule has 0 fully saturated rings. The molecule has 0 saturated heterocycles. The van der Waals surface area contributed by atoms with Crippen LogP contribution in [-0.4, -0.2) is 37.4 Å². The fourth-order valence-electron chi connectivity index (χ4n) is 6.70. The lowest BCUT2D eigenvalue weighted by Gasteiger charge is -2.32. The molecule has 4 aromatic rings. The molecule has 3 amide bonds. The summed E-state index contributed by atoms with van der Waals surface area (Å²) < 4.78 is 0. The molecular weight excluding hydrogens is 522 g/mol. The second-order valence-electron chi connectivity index (χ2n) is 11.4. The Morgan fingerprint density at radius 3 is 1.02 bits per heavy atom.